The second kappa shape index (κ2) is 5.23. The molecule has 0 atom stereocenters. The Morgan fingerprint density at radius 1 is 1.47 bits per heavy atom. The number of hydrogen-bond donors (Lipinski definition) is 1. The molecule has 0 aromatic carbocycles. The molecule has 5 heteroatoms. The van der Waals surface area contributed by atoms with E-state index in [1.165, 1.54) is 19.3 Å². The zero-order chi connectivity index (χ0) is 10.5. The molecule has 1 aliphatic rings. The normalized spacial score (nSPS) is 15.8. The molecule has 1 saturated carbocycles. The summed E-state index contributed by atoms with van der Waals surface area (Å²) in [5, 5.41) is 7.84. The molecule has 1 fully saturated rings. The maximum atomic E-state index is 5.51. The highest BCUT2D eigenvalue weighted by Crippen LogP contribution is 2.31. The molecule has 0 saturated heterocycles. The van der Waals surface area contributed by atoms with E-state index >= 15 is 0 Å². The first-order valence-corrected chi connectivity index (χ1v) is 5.55. The Morgan fingerprint density at radius 3 is 3.00 bits per heavy atom. The van der Waals surface area contributed by atoms with Crippen molar-refractivity contribution in [3.05, 3.63) is 11.9 Å². The Kier molecular flexibility index (Phi) is 3.69. The van der Waals surface area contributed by atoms with Crippen molar-refractivity contribution >= 4 is 0 Å². The van der Waals surface area contributed by atoms with Crippen LogP contribution in [0, 0.1) is 5.92 Å². The van der Waals surface area contributed by atoms with Gasteiger partial charge in [0.25, 0.3) is 0 Å². The maximum absolute atomic E-state index is 5.51. The lowest BCUT2D eigenvalue weighted by Crippen LogP contribution is -2.07. The summed E-state index contributed by atoms with van der Waals surface area (Å²) >= 11 is 0. The Labute approximate surface area is 89.6 Å². The standard InChI is InChI=1S/C10H18N4O/c11-7-10-8-14(13-12-10)4-6-15-5-3-9-1-2-9/h8-9H,1-7,11H2. The van der Waals surface area contributed by atoms with Crippen LogP contribution < -0.4 is 5.73 Å². The van der Waals surface area contributed by atoms with Crippen LogP contribution in [0.15, 0.2) is 6.20 Å². The van der Waals surface area contributed by atoms with E-state index < -0.39 is 0 Å². The maximum Gasteiger partial charge on any atom is 0.0962 e. The van der Waals surface area contributed by atoms with E-state index in [1.807, 2.05) is 6.20 Å². The van der Waals surface area contributed by atoms with Gasteiger partial charge in [-0.15, -0.1) is 5.10 Å². The number of nitrogens with two attached hydrogens (primary N) is 1. The molecule has 0 unspecified atom stereocenters. The van der Waals surface area contributed by atoms with Gasteiger partial charge in [0.05, 0.1) is 18.8 Å². The van der Waals surface area contributed by atoms with Gasteiger partial charge in [0.15, 0.2) is 0 Å². The quantitative estimate of drug-likeness (QED) is 0.667. The number of aromatic nitrogens is 3. The van der Waals surface area contributed by atoms with Gasteiger partial charge in [0, 0.05) is 19.3 Å². The predicted molar refractivity (Wildman–Crippen MR) is 56.1 cm³/mol. The van der Waals surface area contributed by atoms with Crippen molar-refractivity contribution in [3.63, 3.8) is 0 Å². The van der Waals surface area contributed by atoms with Crippen LogP contribution in [0.1, 0.15) is 25.0 Å². The van der Waals surface area contributed by atoms with Crippen molar-refractivity contribution in [3.8, 4) is 0 Å². The zero-order valence-corrected chi connectivity index (χ0v) is 8.93. The molecule has 0 spiro atoms. The van der Waals surface area contributed by atoms with Gasteiger partial charge in [-0.25, -0.2) is 4.68 Å². The van der Waals surface area contributed by atoms with E-state index in [4.69, 9.17) is 10.5 Å². The molecule has 0 amide bonds. The van der Waals surface area contributed by atoms with Gasteiger partial charge in [-0.2, -0.15) is 0 Å². The third-order valence-electron chi connectivity index (χ3n) is 2.63. The molecule has 0 bridgehead atoms. The van der Waals surface area contributed by atoms with Crippen molar-refractivity contribution in [1.82, 2.24) is 15.0 Å². The van der Waals surface area contributed by atoms with Gasteiger partial charge in [0.2, 0.25) is 0 Å². The minimum absolute atomic E-state index is 0.447. The minimum Gasteiger partial charge on any atom is -0.380 e. The molecule has 1 heterocycles. The summed E-state index contributed by atoms with van der Waals surface area (Å²) in [5.74, 6) is 0.945. The lowest BCUT2D eigenvalue weighted by atomic mass is 10.3. The van der Waals surface area contributed by atoms with E-state index in [0.717, 1.165) is 24.8 Å². The molecule has 1 aliphatic carbocycles. The summed E-state index contributed by atoms with van der Waals surface area (Å²) in [4.78, 5) is 0. The third kappa shape index (κ3) is 3.60. The molecule has 0 radical (unpaired) electrons. The van der Waals surface area contributed by atoms with Crippen molar-refractivity contribution in [2.24, 2.45) is 11.7 Å². The molecule has 1 aromatic rings. The van der Waals surface area contributed by atoms with Gasteiger partial charge >= 0.3 is 0 Å². The van der Waals surface area contributed by atoms with Crippen molar-refractivity contribution in [1.29, 1.82) is 0 Å². The molecular formula is C10H18N4O. The molecule has 2 N–H and O–H groups in total. The topological polar surface area (TPSA) is 66.0 Å². The third-order valence-corrected chi connectivity index (χ3v) is 2.63. The van der Waals surface area contributed by atoms with Crippen molar-refractivity contribution in [2.75, 3.05) is 13.2 Å². The van der Waals surface area contributed by atoms with Crippen molar-refractivity contribution in [2.45, 2.75) is 32.4 Å². The summed E-state index contributed by atoms with van der Waals surface area (Å²) in [7, 11) is 0. The Bertz CT molecular complexity index is 295. The fourth-order valence-electron chi connectivity index (χ4n) is 1.46. The molecule has 1 aromatic heterocycles. The first kappa shape index (κ1) is 10.6. The van der Waals surface area contributed by atoms with E-state index in [1.54, 1.807) is 4.68 Å². The fraction of sp³-hybridized carbons (Fsp3) is 0.800. The predicted octanol–water partition coefficient (Wildman–Crippen LogP) is 0.553. The van der Waals surface area contributed by atoms with Crippen LogP contribution in [-0.4, -0.2) is 28.2 Å². The number of ether oxygens (including phenoxy) is 1. The molecule has 0 aliphatic heterocycles. The fourth-order valence-corrected chi connectivity index (χ4v) is 1.46. The van der Waals surface area contributed by atoms with E-state index in [0.29, 0.717) is 13.2 Å². The summed E-state index contributed by atoms with van der Waals surface area (Å²) in [5.41, 5.74) is 6.26. The van der Waals surface area contributed by atoms with Crippen LogP contribution >= 0.6 is 0 Å². The van der Waals surface area contributed by atoms with E-state index in [2.05, 4.69) is 10.3 Å². The van der Waals surface area contributed by atoms with Gasteiger partial charge in [-0.05, 0) is 12.3 Å². The Morgan fingerprint density at radius 2 is 2.33 bits per heavy atom. The highest BCUT2D eigenvalue weighted by atomic mass is 16.5. The number of rotatable bonds is 7. The minimum atomic E-state index is 0.447. The summed E-state index contributed by atoms with van der Waals surface area (Å²) in [6.07, 6.45) is 5.87. The van der Waals surface area contributed by atoms with Crippen LogP contribution in [0.3, 0.4) is 0 Å². The van der Waals surface area contributed by atoms with Gasteiger partial charge in [-0.1, -0.05) is 18.1 Å². The highest BCUT2D eigenvalue weighted by molar-refractivity contribution is 4.90. The Balaban J connectivity index is 1.56. The second-order valence-electron chi connectivity index (χ2n) is 4.02. The first-order valence-electron chi connectivity index (χ1n) is 5.55. The van der Waals surface area contributed by atoms with E-state index in [-0.39, 0.29) is 0 Å². The second-order valence-corrected chi connectivity index (χ2v) is 4.02. The average Bonchev–Trinajstić information content (AvgIpc) is 2.96. The van der Waals surface area contributed by atoms with Crippen LogP contribution in [-0.2, 0) is 17.8 Å². The molecule has 15 heavy (non-hydrogen) atoms. The van der Waals surface area contributed by atoms with Crippen LogP contribution in [0.2, 0.25) is 0 Å². The largest absolute Gasteiger partial charge is 0.380 e. The molecule has 84 valence electrons. The Hall–Kier alpha value is -0.940. The monoisotopic (exact) mass is 210 g/mol. The summed E-state index contributed by atoms with van der Waals surface area (Å²) in [6, 6.07) is 0. The summed E-state index contributed by atoms with van der Waals surface area (Å²) < 4.78 is 7.29. The number of hydrogen-bond acceptors (Lipinski definition) is 4. The van der Waals surface area contributed by atoms with Gasteiger partial charge in [0.1, 0.15) is 0 Å². The smallest absolute Gasteiger partial charge is 0.0962 e. The highest BCUT2D eigenvalue weighted by Gasteiger charge is 2.20. The molecule has 5 nitrogen and oxygen atoms in total. The lowest BCUT2D eigenvalue weighted by molar-refractivity contribution is 0.118. The average molecular weight is 210 g/mol. The lowest BCUT2D eigenvalue weighted by Gasteiger charge is -2.02. The SMILES string of the molecule is NCc1cn(CCOCCC2CC2)nn1. The van der Waals surface area contributed by atoms with E-state index in [9.17, 15) is 0 Å². The van der Waals surface area contributed by atoms with Crippen molar-refractivity contribution < 1.29 is 4.74 Å². The van der Waals surface area contributed by atoms with Crippen LogP contribution in [0.5, 0.6) is 0 Å². The zero-order valence-electron chi connectivity index (χ0n) is 8.93. The number of nitrogens with zero attached hydrogens (tertiary/aromatic N) is 3. The van der Waals surface area contributed by atoms with Gasteiger partial charge in [-0.3, -0.25) is 0 Å². The first-order chi connectivity index (χ1) is 7.38. The summed E-state index contributed by atoms with van der Waals surface area (Å²) in [6.45, 7) is 2.80. The van der Waals surface area contributed by atoms with Gasteiger partial charge < -0.3 is 10.5 Å². The molecular weight excluding hydrogens is 192 g/mol. The van der Waals surface area contributed by atoms with Crippen LogP contribution in [0.4, 0.5) is 0 Å². The van der Waals surface area contributed by atoms with Crippen LogP contribution in [0.25, 0.3) is 0 Å². The molecule has 2 rings (SSSR count).